The van der Waals surface area contributed by atoms with Crippen LogP contribution in [0.3, 0.4) is 0 Å². The fourth-order valence-electron chi connectivity index (χ4n) is 1.77. The quantitative estimate of drug-likeness (QED) is 0.529. The summed E-state index contributed by atoms with van der Waals surface area (Å²) in [5.74, 6) is -2.00. The number of carboxylic acids is 1. The number of aliphatic carboxylic acids is 1. The molecular weight excluding hydrogens is 312 g/mol. The Labute approximate surface area is 141 Å². The third-order valence-electron chi connectivity index (χ3n) is 4.71. The van der Waals surface area contributed by atoms with Crippen molar-refractivity contribution < 1.29 is 23.9 Å². The molecule has 0 aliphatic carbocycles. The van der Waals surface area contributed by atoms with Gasteiger partial charge in [-0.3, -0.25) is 0 Å². The van der Waals surface area contributed by atoms with Crippen molar-refractivity contribution >= 4 is 20.3 Å². The highest BCUT2D eigenvalue weighted by molar-refractivity contribution is 6.74. The van der Waals surface area contributed by atoms with Crippen LogP contribution in [-0.4, -0.2) is 37.6 Å². The standard InChI is InChI=1S/C17H34O5Si/c1-10-12(4)14(15(18)19)21-16(20)13(11(2)3)22-23(8,9)17(5,6)7/h11-14H,10H2,1-9H3,(H,18,19)/t12-,13+,14+/m0/s1. The maximum absolute atomic E-state index is 12.5. The predicted molar refractivity (Wildman–Crippen MR) is 93.9 cm³/mol. The van der Waals surface area contributed by atoms with Gasteiger partial charge >= 0.3 is 11.9 Å². The molecule has 0 heterocycles. The van der Waals surface area contributed by atoms with E-state index >= 15 is 0 Å². The Bertz CT molecular complexity index is 412. The second kappa shape index (κ2) is 8.28. The molecule has 0 aromatic heterocycles. The normalized spacial score (nSPS) is 16.8. The molecule has 0 saturated carbocycles. The van der Waals surface area contributed by atoms with E-state index in [2.05, 4.69) is 33.9 Å². The molecule has 0 spiro atoms. The number of rotatable bonds is 8. The first-order valence-electron chi connectivity index (χ1n) is 8.35. The lowest BCUT2D eigenvalue weighted by Crippen LogP contribution is -2.49. The van der Waals surface area contributed by atoms with Gasteiger partial charge in [-0.25, -0.2) is 9.59 Å². The molecule has 0 aromatic carbocycles. The van der Waals surface area contributed by atoms with E-state index in [4.69, 9.17) is 9.16 Å². The number of hydrogen-bond donors (Lipinski definition) is 1. The molecule has 23 heavy (non-hydrogen) atoms. The summed E-state index contributed by atoms with van der Waals surface area (Å²) in [6, 6.07) is 0. The molecule has 0 unspecified atom stereocenters. The summed E-state index contributed by atoms with van der Waals surface area (Å²) in [5.41, 5.74) is 0. The maximum atomic E-state index is 12.5. The number of ether oxygens (including phenoxy) is 1. The van der Waals surface area contributed by atoms with E-state index in [1.807, 2.05) is 20.8 Å². The highest BCUT2D eigenvalue weighted by Gasteiger charge is 2.43. The average molecular weight is 347 g/mol. The number of carbonyl (C=O) groups excluding carboxylic acids is 1. The van der Waals surface area contributed by atoms with E-state index in [1.54, 1.807) is 6.92 Å². The molecule has 1 N–H and O–H groups in total. The van der Waals surface area contributed by atoms with Gasteiger partial charge in [-0.05, 0) is 30.5 Å². The van der Waals surface area contributed by atoms with Crippen LogP contribution in [0.5, 0.6) is 0 Å². The first kappa shape index (κ1) is 22.1. The molecule has 0 aliphatic heterocycles. The van der Waals surface area contributed by atoms with Gasteiger partial charge in [-0.1, -0.05) is 48.5 Å². The molecule has 0 bridgehead atoms. The van der Waals surface area contributed by atoms with Crippen LogP contribution in [0.25, 0.3) is 0 Å². The number of carboxylic acid groups (broad SMARTS) is 1. The Balaban J connectivity index is 5.25. The Morgan fingerprint density at radius 1 is 1.09 bits per heavy atom. The van der Waals surface area contributed by atoms with Crippen molar-refractivity contribution in [2.24, 2.45) is 11.8 Å². The molecule has 0 amide bonds. The second-order valence-electron chi connectivity index (χ2n) is 8.12. The highest BCUT2D eigenvalue weighted by atomic mass is 28.4. The van der Waals surface area contributed by atoms with Crippen molar-refractivity contribution in [3.63, 3.8) is 0 Å². The third-order valence-corrected chi connectivity index (χ3v) is 9.17. The number of esters is 1. The molecule has 0 radical (unpaired) electrons. The zero-order valence-corrected chi connectivity index (χ0v) is 17.1. The van der Waals surface area contributed by atoms with Gasteiger partial charge in [0, 0.05) is 5.92 Å². The molecule has 6 heteroatoms. The summed E-state index contributed by atoms with van der Waals surface area (Å²) in [4.78, 5) is 23.9. The molecule has 0 aromatic rings. The van der Waals surface area contributed by atoms with Crippen LogP contribution < -0.4 is 0 Å². The Morgan fingerprint density at radius 2 is 1.57 bits per heavy atom. The van der Waals surface area contributed by atoms with Crippen LogP contribution in [0.1, 0.15) is 54.9 Å². The van der Waals surface area contributed by atoms with E-state index in [-0.39, 0.29) is 16.9 Å². The summed E-state index contributed by atoms with van der Waals surface area (Å²) in [6.45, 7) is 17.9. The minimum Gasteiger partial charge on any atom is -0.478 e. The SMILES string of the molecule is CC[C@H](C)[C@@H](OC(=O)[C@H](O[Si](C)(C)C(C)(C)C)C(C)C)C(=O)O. The van der Waals surface area contributed by atoms with Crippen LogP contribution in [0.4, 0.5) is 0 Å². The smallest absolute Gasteiger partial charge is 0.345 e. The first-order chi connectivity index (χ1) is 10.2. The second-order valence-corrected chi connectivity index (χ2v) is 12.9. The van der Waals surface area contributed by atoms with Gasteiger partial charge in [-0.2, -0.15) is 0 Å². The van der Waals surface area contributed by atoms with Gasteiger partial charge in [0.2, 0.25) is 6.10 Å². The van der Waals surface area contributed by atoms with Gasteiger partial charge in [0.05, 0.1) is 0 Å². The fraction of sp³-hybridized carbons (Fsp3) is 0.882. The molecule has 136 valence electrons. The van der Waals surface area contributed by atoms with Crippen molar-refractivity contribution in [2.75, 3.05) is 0 Å². The summed E-state index contributed by atoms with van der Waals surface area (Å²) < 4.78 is 11.5. The summed E-state index contributed by atoms with van der Waals surface area (Å²) in [7, 11) is -2.16. The van der Waals surface area contributed by atoms with E-state index < -0.39 is 32.5 Å². The van der Waals surface area contributed by atoms with Gasteiger partial charge in [0.25, 0.3) is 0 Å². The van der Waals surface area contributed by atoms with Crippen molar-refractivity contribution in [2.45, 2.75) is 85.2 Å². The van der Waals surface area contributed by atoms with Crippen LogP contribution in [0.2, 0.25) is 18.1 Å². The van der Waals surface area contributed by atoms with Crippen molar-refractivity contribution in [1.29, 1.82) is 0 Å². The van der Waals surface area contributed by atoms with Gasteiger partial charge < -0.3 is 14.3 Å². The topological polar surface area (TPSA) is 72.8 Å². The summed E-state index contributed by atoms with van der Waals surface area (Å²) in [6.07, 6.45) is -1.24. The van der Waals surface area contributed by atoms with Gasteiger partial charge in [0.15, 0.2) is 8.32 Å². The predicted octanol–water partition coefficient (Wildman–Crippen LogP) is 4.08. The lowest BCUT2D eigenvalue weighted by molar-refractivity contribution is -0.174. The van der Waals surface area contributed by atoms with Gasteiger partial charge in [0.1, 0.15) is 6.10 Å². The van der Waals surface area contributed by atoms with Crippen LogP contribution >= 0.6 is 0 Å². The fourth-order valence-corrected chi connectivity index (χ4v) is 3.12. The molecular formula is C17H34O5Si. The van der Waals surface area contributed by atoms with Crippen molar-refractivity contribution in [3.05, 3.63) is 0 Å². The zero-order valence-electron chi connectivity index (χ0n) is 16.1. The Kier molecular flexibility index (Phi) is 7.97. The number of carbonyl (C=O) groups is 2. The molecule has 0 rings (SSSR count). The molecule has 0 saturated heterocycles. The number of hydrogen-bond acceptors (Lipinski definition) is 4. The van der Waals surface area contributed by atoms with Crippen LogP contribution in [0, 0.1) is 11.8 Å². The minimum absolute atomic E-state index is 0.0384. The molecule has 3 atom stereocenters. The Morgan fingerprint density at radius 3 is 1.87 bits per heavy atom. The zero-order chi connectivity index (χ0) is 18.6. The largest absolute Gasteiger partial charge is 0.478 e. The first-order valence-corrected chi connectivity index (χ1v) is 11.3. The van der Waals surface area contributed by atoms with Crippen molar-refractivity contribution in [1.82, 2.24) is 0 Å². The monoisotopic (exact) mass is 346 g/mol. The van der Waals surface area contributed by atoms with E-state index in [0.29, 0.717) is 6.42 Å². The highest BCUT2D eigenvalue weighted by Crippen LogP contribution is 2.38. The summed E-state index contributed by atoms with van der Waals surface area (Å²) >= 11 is 0. The minimum atomic E-state index is -2.16. The lowest BCUT2D eigenvalue weighted by atomic mass is 10.0. The van der Waals surface area contributed by atoms with Crippen LogP contribution in [0.15, 0.2) is 0 Å². The van der Waals surface area contributed by atoms with Gasteiger partial charge in [-0.15, -0.1) is 0 Å². The average Bonchev–Trinajstić information content (AvgIpc) is 2.39. The third kappa shape index (κ3) is 6.26. The van der Waals surface area contributed by atoms with E-state index in [0.717, 1.165) is 0 Å². The Hall–Kier alpha value is -0.883. The summed E-state index contributed by atoms with van der Waals surface area (Å²) in [5, 5.41) is 9.26. The van der Waals surface area contributed by atoms with Crippen molar-refractivity contribution in [3.8, 4) is 0 Å². The lowest BCUT2D eigenvalue weighted by Gasteiger charge is -2.39. The van der Waals surface area contributed by atoms with Crippen LogP contribution in [-0.2, 0) is 18.8 Å². The molecule has 5 nitrogen and oxygen atoms in total. The maximum Gasteiger partial charge on any atom is 0.345 e. The molecule has 0 fully saturated rings. The van der Waals surface area contributed by atoms with E-state index in [1.165, 1.54) is 0 Å². The van der Waals surface area contributed by atoms with E-state index in [9.17, 15) is 14.7 Å². The molecule has 0 aliphatic rings.